The third-order valence-corrected chi connectivity index (χ3v) is 7.05. The second-order valence-corrected chi connectivity index (χ2v) is 9.05. The molecule has 2 amide bonds. The summed E-state index contributed by atoms with van der Waals surface area (Å²) in [6.07, 6.45) is 3.76. The number of carbonyl (C=O) groups excluding carboxylic acids is 2. The molecule has 1 aliphatic rings. The summed E-state index contributed by atoms with van der Waals surface area (Å²) < 4.78 is 8.61. The number of para-hydroxylation sites is 1. The molecule has 4 heterocycles. The van der Waals surface area contributed by atoms with Gasteiger partial charge in [0.25, 0.3) is 11.5 Å². The quantitative estimate of drug-likeness (QED) is 0.431. The summed E-state index contributed by atoms with van der Waals surface area (Å²) in [6, 6.07) is 12.2. The van der Waals surface area contributed by atoms with Crippen LogP contribution in [0.4, 0.5) is 0 Å². The lowest BCUT2D eigenvalue weighted by Crippen LogP contribution is -2.52. The zero-order valence-corrected chi connectivity index (χ0v) is 20.7. The highest BCUT2D eigenvalue weighted by Crippen LogP contribution is 2.29. The van der Waals surface area contributed by atoms with Crippen molar-refractivity contribution in [3.05, 3.63) is 82.4 Å². The fraction of sp³-hybridized carbons (Fsp3) is 0.333. The second kappa shape index (κ2) is 9.49. The van der Waals surface area contributed by atoms with Crippen LogP contribution in [0.15, 0.2) is 64.1 Å². The highest BCUT2D eigenvalue weighted by Gasteiger charge is 2.32. The first kappa shape index (κ1) is 23.6. The predicted octanol–water partition coefficient (Wildman–Crippen LogP) is 3.33. The van der Waals surface area contributed by atoms with E-state index in [2.05, 4.69) is 5.10 Å². The third-order valence-electron chi connectivity index (χ3n) is 7.05. The van der Waals surface area contributed by atoms with Gasteiger partial charge in [-0.2, -0.15) is 9.78 Å². The van der Waals surface area contributed by atoms with Crippen molar-refractivity contribution < 1.29 is 14.0 Å². The maximum atomic E-state index is 13.7. The maximum Gasteiger partial charge on any atom is 0.289 e. The van der Waals surface area contributed by atoms with Gasteiger partial charge in [0, 0.05) is 43.0 Å². The zero-order valence-electron chi connectivity index (χ0n) is 20.7. The number of aromatic nitrogens is 3. The molecule has 1 saturated heterocycles. The number of furan rings is 1. The molecule has 36 heavy (non-hydrogen) atoms. The van der Waals surface area contributed by atoms with Gasteiger partial charge in [-0.15, -0.1) is 0 Å². The van der Waals surface area contributed by atoms with E-state index in [1.807, 2.05) is 60.6 Å². The Labute approximate surface area is 208 Å². The molecule has 5 rings (SSSR count). The molecule has 0 N–H and O–H groups in total. The van der Waals surface area contributed by atoms with Crippen LogP contribution >= 0.6 is 0 Å². The van der Waals surface area contributed by atoms with Crippen LogP contribution in [0, 0.1) is 13.8 Å². The third kappa shape index (κ3) is 3.90. The Morgan fingerprint density at radius 2 is 1.67 bits per heavy atom. The van der Waals surface area contributed by atoms with Crippen LogP contribution in [0.1, 0.15) is 41.3 Å². The van der Waals surface area contributed by atoms with E-state index in [0.717, 1.165) is 16.8 Å². The molecule has 9 nitrogen and oxygen atoms in total. The van der Waals surface area contributed by atoms with E-state index in [9.17, 15) is 14.4 Å². The van der Waals surface area contributed by atoms with Crippen molar-refractivity contribution in [3.63, 3.8) is 0 Å². The van der Waals surface area contributed by atoms with Crippen molar-refractivity contribution in [3.8, 4) is 5.69 Å². The molecule has 0 unspecified atom stereocenters. The summed E-state index contributed by atoms with van der Waals surface area (Å²) >= 11 is 0. The molecule has 9 heteroatoms. The number of hydrogen-bond donors (Lipinski definition) is 0. The number of amides is 2. The second-order valence-electron chi connectivity index (χ2n) is 9.05. The fourth-order valence-corrected chi connectivity index (χ4v) is 5.16. The molecular weight excluding hydrogens is 458 g/mol. The van der Waals surface area contributed by atoms with E-state index >= 15 is 0 Å². The Balaban J connectivity index is 1.42. The van der Waals surface area contributed by atoms with Gasteiger partial charge < -0.3 is 18.8 Å². The van der Waals surface area contributed by atoms with Gasteiger partial charge in [0.05, 0.1) is 23.5 Å². The predicted molar refractivity (Wildman–Crippen MR) is 135 cm³/mol. The Morgan fingerprint density at radius 1 is 0.972 bits per heavy atom. The normalized spacial score (nSPS) is 14.9. The number of nitrogens with zero attached hydrogens (tertiary/aromatic N) is 5. The van der Waals surface area contributed by atoms with Gasteiger partial charge in [-0.3, -0.25) is 14.4 Å². The molecular formula is C27H29N5O4. The molecule has 1 atom stereocenters. The Hall–Kier alpha value is -4.14. The molecule has 3 aromatic heterocycles. The Bertz CT molecular complexity index is 1460. The average molecular weight is 488 g/mol. The number of rotatable bonds is 5. The van der Waals surface area contributed by atoms with E-state index in [1.165, 1.54) is 10.9 Å². The minimum Gasteiger partial charge on any atom is -0.459 e. The minimum absolute atomic E-state index is 0.00884. The van der Waals surface area contributed by atoms with Crippen LogP contribution in [0.2, 0.25) is 0 Å². The highest BCUT2D eigenvalue weighted by atomic mass is 16.3. The van der Waals surface area contributed by atoms with E-state index < -0.39 is 6.04 Å². The molecule has 0 bridgehead atoms. The number of fused-ring (bicyclic) bond motifs is 1. The average Bonchev–Trinajstić information content (AvgIpc) is 3.53. The number of aryl methyl sites for hydroxylation is 2. The van der Waals surface area contributed by atoms with E-state index in [1.54, 1.807) is 23.2 Å². The van der Waals surface area contributed by atoms with Gasteiger partial charge in [0.1, 0.15) is 6.04 Å². The lowest BCUT2D eigenvalue weighted by atomic mass is 10.1. The van der Waals surface area contributed by atoms with Gasteiger partial charge >= 0.3 is 0 Å². The van der Waals surface area contributed by atoms with Crippen LogP contribution in [-0.2, 0) is 4.79 Å². The van der Waals surface area contributed by atoms with Gasteiger partial charge in [-0.05, 0) is 44.5 Å². The summed E-state index contributed by atoms with van der Waals surface area (Å²) in [6.45, 7) is 7.58. The van der Waals surface area contributed by atoms with Crippen LogP contribution in [-0.4, -0.2) is 62.1 Å². The van der Waals surface area contributed by atoms with Crippen molar-refractivity contribution in [1.29, 1.82) is 0 Å². The van der Waals surface area contributed by atoms with E-state index in [4.69, 9.17) is 4.42 Å². The first-order chi connectivity index (χ1) is 17.4. The van der Waals surface area contributed by atoms with Gasteiger partial charge in [0.15, 0.2) is 5.76 Å². The van der Waals surface area contributed by atoms with Crippen molar-refractivity contribution in [2.45, 2.75) is 33.2 Å². The first-order valence-electron chi connectivity index (χ1n) is 12.2. The van der Waals surface area contributed by atoms with Crippen molar-refractivity contribution in [2.24, 2.45) is 0 Å². The summed E-state index contributed by atoms with van der Waals surface area (Å²) in [5.41, 5.74) is 2.09. The zero-order chi connectivity index (χ0) is 25.4. The lowest BCUT2D eigenvalue weighted by molar-refractivity contribution is -0.136. The van der Waals surface area contributed by atoms with Crippen molar-refractivity contribution in [1.82, 2.24) is 24.1 Å². The number of benzene rings is 1. The van der Waals surface area contributed by atoms with Crippen LogP contribution in [0.5, 0.6) is 0 Å². The summed E-state index contributed by atoms with van der Waals surface area (Å²) in [4.78, 5) is 43.2. The largest absolute Gasteiger partial charge is 0.459 e. The maximum absolute atomic E-state index is 13.7. The number of hydrogen-bond acceptors (Lipinski definition) is 5. The molecule has 0 saturated carbocycles. The standard InChI is InChI=1S/C27H29N5O4/c1-4-22(25(33)29-12-14-30(15-13-29)26(34)23-11-8-16-36-23)31-18(2)21-17-28-32(20-9-6-5-7-10-20)27(35)24(21)19(31)3/h5-11,16-17,22H,4,12-15H2,1-3H3/t22-/m1/s1. The fourth-order valence-electron chi connectivity index (χ4n) is 5.16. The van der Waals surface area contributed by atoms with Crippen molar-refractivity contribution >= 4 is 22.6 Å². The van der Waals surface area contributed by atoms with Crippen LogP contribution in [0.3, 0.4) is 0 Å². The summed E-state index contributed by atoms with van der Waals surface area (Å²) in [7, 11) is 0. The molecule has 1 fully saturated rings. The van der Waals surface area contributed by atoms with Gasteiger partial charge in [-0.1, -0.05) is 25.1 Å². The summed E-state index contributed by atoms with van der Waals surface area (Å²) in [5.74, 6) is 0.136. The number of carbonyl (C=O) groups is 2. The molecule has 4 aromatic rings. The topological polar surface area (TPSA) is 93.6 Å². The minimum atomic E-state index is -0.450. The molecule has 0 aliphatic carbocycles. The van der Waals surface area contributed by atoms with Crippen LogP contribution in [0.25, 0.3) is 16.5 Å². The number of piperazine rings is 1. The molecule has 1 aliphatic heterocycles. The Morgan fingerprint density at radius 3 is 2.31 bits per heavy atom. The monoisotopic (exact) mass is 487 g/mol. The molecule has 0 radical (unpaired) electrons. The molecule has 186 valence electrons. The smallest absolute Gasteiger partial charge is 0.289 e. The van der Waals surface area contributed by atoms with Gasteiger partial charge in [0.2, 0.25) is 5.91 Å². The molecule has 1 aromatic carbocycles. The lowest BCUT2D eigenvalue weighted by Gasteiger charge is -2.36. The Kier molecular flexibility index (Phi) is 6.22. The highest BCUT2D eigenvalue weighted by molar-refractivity contribution is 5.92. The molecule has 0 spiro atoms. The summed E-state index contributed by atoms with van der Waals surface area (Å²) in [5, 5.41) is 5.74. The SMILES string of the molecule is CC[C@H](C(=O)N1CCN(C(=O)c2ccco2)CC1)n1c(C)c2cnn(-c3ccccc3)c(=O)c2c1C. The van der Waals surface area contributed by atoms with Gasteiger partial charge in [-0.25, -0.2) is 0 Å². The van der Waals surface area contributed by atoms with E-state index in [0.29, 0.717) is 49.4 Å². The van der Waals surface area contributed by atoms with Crippen molar-refractivity contribution in [2.75, 3.05) is 26.2 Å². The van der Waals surface area contributed by atoms with E-state index in [-0.39, 0.29) is 17.4 Å². The van der Waals surface area contributed by atoms with Crippen LogP contribution < -0.4 is 5.56 Å². The first-order valence-corrected chi connectivity index (χ1v) is 12.2.